The molecule has 2 rings (SSSR count). The molecule has 0 aromatic heterocycles. The lowest BCUT2D eigenvalue weighted by Gasteiger charge is -2.10. The number of aryl methyl sites for hydroxylation is 2. The van der Waals surface area contributed by atoms with Gasteiger partial charge in [-0.05, 0) is 48.6 Å². The van der Waals surface area contributed by atoms with E-state index in [0.717, 1.165) is 35.5 Å². The molecule has 2 aromatic rings. The van der Waals surface area contributed by atoms with Crippen molar-refractivity contribution in [2.24, 2.45) is 0 Å². The van der Waals surface area contributed by atoms with Gasteiger partial charge in [-0.1, -0.05) is 30.3 Å². The first-order valence-corrected chi connectivity index (χ1v) is 8.16. The van der Waals surface area contributed by atoms with Crippen molar-refractivity contribution in [3.63, 3.8) is 0 Å². The van der Waals surface area contributed by atoms with E-state index < -0.39 is 0 Å². The Morgan fingerprint density at radius 2 is 1.79 bits per heavy atom. The van der Waals surface area contributed by atoms with Crippen LogP contribution in [-0.4, -0.2) is 26.7 Å². The molecule has 4 nitrogen and oxygen atoms in total. The molecule has 0 heterocycles. The minimum absolute atomic E-state index is 0.0413. The zero-order valence-corrected chi connectivity index (χ0v) is 14.6. The molecule has 0 radical (unpaired) electrons. The molecule has 0 aliphatic heterocycles. The Kier molecular flexibility index (Phi) is 6.67. The molecule has 2 aromatic carbocycles. The van der Waals surface area contributed by atoms with Crippen LogP contribution in [0.15, 0.2) is 42.5 Å². The monoisotopic (exact) mass is 327 g/mol. The van der Waals surface area contributed by atoms with Crippen LogP contribution >= 0.6 is 0 Å². The van der Waals surface area contributed by atoms with Crippen LogP contribution in [0.3, 0.4) is 0 Å². The SMILES string of the molecule is COc1ccc(CC(=O)NCCCc2ccccc2OC)cc1C. The Bertz CT molecular complexity index is 682. The van der Waals surface area contributed by atoms with E-state index in [-0.39, 0.29) is 5.91 Å². The van der Waals surface area contributed by atoms with E-state index in [4.69, 9.17) is 9.47 Å². The summed E-state index contributed by atoms with van der Waals surface area (Å²) in [5, 5.41) is 2.98. The summed E-state index contributed by atoms with van der Waals surface area (Å²) in [6.45, 7) is 2.64. The minimum Gasteiger partial charge on any atom is -0.496 e. The van der Waals surface area contributed by atoms with Crippen molar-refractivity contribution in [3.05, 3.63) is 59.2 Å². The number of ether oxygens (including phenoxy) is 2. The fourth-order valence-electron chi connectivity index (χ4n) is 2.71. The number of carbonyl (C=O) groups is 1. The number of benzene rings is 2. The van der Waals surface area contributed by atoms with E-state index in [9.17, 15) is 4.79 Å². The van der Waals surface area contributed by atoms with E-state index >= 15 is 0 Å². The van der Waals surface area contributed by atoms with E-state index in [2.05, 4.69) is 11.4 Å². The van der Waals surface area contributed by atoms with Crippen molar-refractivity contribution >= 4 is 5.91 Å². The molecule has 0 spiro atoms. The number of rotatable bonds is 8. The van der Waals surface area contributed by atoms with Gasteiger partial charge >= 0.3 is 0 Å². The molecule has 0 aliphatic carbocycles. The third-order valence-electron chi connectivity index (χ3n) is 3.96. The predicted octanol–water partition coefficient (Wildman–Crippen LogP) is 3.30. The van der Waals surface area contributed by atoms with Crippen molar-refractivity contribution in [3.8, 4) is 11.5 Å². The van der Waals surface area contributed by atoms with Crippen molar-refractivity contribution < 1.29 is 14.3 Å². The maximum Gasteiger partial charge on any atom is 0.224 e. The highest BCUT2D eigenvalue weighted by atomic mass is 16.5. The Morgan fingerprint density at radius 1 is 1.04 bits per heavy atom. The zero-order chi connectivity index (χ0) is 17.4. The van der Waals surface area contributed by atoms with Crippen LogP contribution in [0.5, 0.6) is 11.5 Å². The first-order valence-electron chi connectivity index (χ1n) is 8.16. The molecule has 0 saturated heterocycles. The molecule has 0 atom stereocenters. The summed E-state index contributed by atoms with van der Waals surface area (Å²) in [5.74, 6) is 1.79. The maximum atomic E-state index is 12.0. The Morgan fingerprint density at radius 3 is 2.50 bits per heavy atom. The average Bonchev–Trinajstić information content (AvgIpc) is 2.59. The fourth-order valence-corrected chi connectivity index (χ4v) is 2.71. The number of para-hydroxylation sites is 1. The van der Waals surface area contributed by atoms with Crippen molar-refractivity contribution in [1.29, 1.82) is 0 Å². The second kappa shape index (κ2) is 8.96. The van der Waals surface area contributed by atoms with Gasteiger partial charge in [0.05, 0.1) is 20.6 Å². The number of hydrogen-bond donors (Lipinski definition) is 1. The van der Waals surface area contributed by atoms with Gasteiger partial charge in [-0.25, -0.2) is 0 Å². The van der Waals surface area contributed by atoms with Gasteiger partial charge in [0.15, 0.2) is 0 Å². The first kappa shape index (κ1) is 17.9. The van der Waals surface area contributed by atoms with Crippen molar-refractivity contribution in [1.82, 2.24) is 5.32 Å². The summed E-state index contributed by atoms with van der Waals surface area (Å²) in [6, 6.07) is 13.8. The lowest BCUT2D eigenvalue weighted by atomic mass is 10.1. The molecule has 0 saturated carbocycles. The second-order valence-corrected chi connectivity index (χ2v) is 5.75. The molecule has 0 unspecified atom stereocenters. The highest BCUT2D eigenvalue weighted by Crippen LogP contribution is 2.19. The van der Waals surface area contributed by atoms with E-state index in [1.165, 1.54) is 5.56 Å². The topological polar surface area (TPSA) is 47.6 Å². The normalized spacial score (nSPS) is 10.3. The van der Waals surface area contributed by atoms with Crippen LogP contribution in [0.1, 0.15) is 23.1 Å². The van der Waals surface area contributed by atoms with E-state index in [0.29, 0.717) is 13.0 Å². The lowest BCUT2D eigenvalue weighted by molar-refractivity contribution is -0.120. The standard InChI is InChI=1S/C20H25NO3/c1-15-13-16(10-11-18(15)23-2)14-20(22)21-12-6-8-17-7-4-5-9-19(17)24-3/h4-5,7,9-11,13H,6,8,12,14H2,1-3H3,(H,21,22). The summed E-state index contributed by atoms with van der Waals surface area (Å²) >= 11 is 0. The van der Waals surface area contributed by atoms with Gasteiger partial charge in [-0.2, -0.15) is 0 Å². The Hall–Kier alpha value is -2.49. The molecule has 4 heteroatoms. The minimum atomic E-state index is 0.0413. The third kappa shape index (κ3) is 5.01. The molecule has 128 valence electrons. The van der Waals surface area contributed by atoms with Gasteiger partial charge < -0.3 is 14.8 Å². The summed E-state index contributed by atoms with van der Waals surface area (Å²) in [7, 11) is 3.33. The molecule has 0 fully saturated rings. The van der Waals surface area contributed by atoms with Crippen LogP contribution in [0, 0.1) is 6.92 Å². The summed E-state index contributed by atoms with van der Waals surface area (Å²) in [6.07, 6.45) is 2.15. The summed E-state index contributed by atoms with van der Waals surface area (Å²) in [4.78, 5) is 12.0. The van der Waals surface area contributed by atoms with Crippen molar-refractivity contribution in [2.75, 3.05) is 20.8 Å². The molecular weight excluding hydrogens is 302 g/mol. The summed E-state index contributed by atoms with van der Waals surface area (Å²) < 4.78 is 10.6. The average molecular weight is 327 g/mol. The molecule has 1 N–H and O–H groups in total. The number of carbonyl (C=O) groups excluding carboxylic acids is 1. The zero-order valence-electron chi connectivity index (χ0n) is 14.6. The Labute approximate surface area is 143 Å². The van der Waals surface area contributed by atoms with Gasteiger partial charge in [0.25, 0.3) is 0 Å². The van der Waals surface area contributed by atoms with Gasteiger partial charge in [-0.15, -0.1) is 0 Å². The molecular formula is C20H25NO3. The quantitative estimate of drug-likeness (QED) is 0.757. The van der Waals surface area contributed by atoms with Gasteiger partial charge in [0.2, 0.25) is 5.91 Å². The van der Waals surface area contributed by atoms with Crippen molar-refractivity contribution in [2.45, 2.75) is 26.2 Å². The van der Waals surface area contributed by atoms with E-state index in [1.807, 2.05) is 43.3 Å². The third-order valence-corrected chi connectivity index (χ3v) is 3.96. The lowest BCUT2D eigenvalue weighted by Crippen LogP contribution is -2.26. The van der Waals surface area contributed by atoms with Crippen LogP contribution in [-0.2, 0) is 17.6 Å². The molecule has 0 aliphatic rings. The molecule has 0 bridgehead atoms. The van der Waals surface area contributed by atoms with Gasteiger partial charge in [-0.3, -0.25) is 4.79 Å². The summed E-state index contributed by atoms with van der Waals surface area (Å²) in [5.41, 5.74) is 3.20. The highest BCUT2D eigenvalue weighted by molar-refractivity contribution is 5.78. The van der Waals surface area contributed by atoms with Gasteiger partial charge in [0, 0.05) is 6.54 Å². The smallest absolute Gasteiger partial charge is 0.224 e. The second-order valence-electron chi connectivity index (χ2n) is 5.75. The number of hydrogen-bond acceptors (Lipinski definition) is 3. The number of nitrogens with one attached hydrogen (secondary N) is 1. The molecule has 1 amide bonds. The largest absolute Gasteiger partial charge is 0.496 e. The highest BCUT2D eigenvalue weighted by Gasteiger charge is 2.06. The predicted molar refractivity (Wildman–Crippen MR) is 95.8 cm³/mol. The fraction of sp³-hybridized carbons (Fsp3) is 0.350. The van der Waals surface area contributed by atoms with Gasteiger partial charge in [0.1, 0.15) is 11.5 Å². The van der Waals surface area contributed by atoms with Crippen LogP contribution in [0.25, 0.3) is 0 Å². The van der Waals surface area contributed by atoms with E-state index in [1.54, 1.807) is 14.2 Å². The number of methoxy groups -OCH3 is 2. The van der Waals surface area contributed by atoms with Crippen LogP contribution in [0.2, 0.25) is 0 Å². The maximum absolute atomic E-state index is 12.0. The molecule has 24 heavy (non-hydrogen) atoms. The number of amides is 1. The Balaban J connectivity index is 1.76. The van der Waals surface area contributed by atoms with Crippen LogP contribution in [0.4, 0.5) is 0 Å². The van der Waals surface area contributed by atoms with Crippen LogP contribution < -0.4 is 14.8 Å². The first-order chi connectivity index (χ1) is 11.6.